The molecule has 1 aromatic heterocycles. The largest absolute Gasteiger partial charge is 0.340 e. The van der Waals surface area contributed by atoms with Crippen molar-refractivity contribution in [3.63, 3.8) is 0 Å². The zero-order chi connectivity index (χ0) is 14.9. The monoisotopic (exact) mass is 313 g/mol. The lowest BCUT2D eigenvalue weighted by atomic mass is 10.2. The first-order valence-electron chi connectivity index (χ1n) is 6.14. The molecule has 2 rings (SSSR count). The molecule has 0 aliphatic carbocycles. The minimum absolute atomic E-state index is 0.0527. The van der Waals surface area contributed by atoms with E-state index in [1.165, 1.54) is 12.1 Å². The quantitative estimate of drug-likeness (QED) is 0.801. The van der Waals surface area contributed by atoms with E-state index < -0.39 is 5.82 Å². The number of rotatable bonds is 3. The molecule has 0 aliphatic heterocycles. The summed E-state index contributed by atoms with van der Waals surface area (Å²) in [6.07, 6.45) is 0. The molecule has 0 unspecified atom stereocenters. The Kier molecular flexibility index (Phi) is 4.45. The Balaban J connectivity index is 2.39. The summed E-state index contributed by atoms with van der Waals surface area (Å²) in [6, 6.07) is 4.39. The van der Waals surface area contributed by atoms with Gasteiger partial charge in [0.05, 0.1) is 5.02 Å². The second-order valence-electron chi connectivity index (χ2n) is 4.75. The van der Waals surface area contributed by atoms with Gasteiger partial charge in [-0.15, -0.1) is 0 Å². The van der Waals surface area contributed by atoms with Crippen LogP contribution in [0.3, 0.4) is 0 Å². The molecule has 0 radical (unpaired) electrons. The minimum atomic E-state index is -0.461. The van der Waals surface area contributed by atoms with E-state index in [0.29, 0.717) is 22.5 Å². The third-order valence-corrected chi connectivity index (χ3v) is 3.46. The molecule has 0 bridgehead atoms. The lowest BCUT2D eigenvalue weighted by Gasteiger charge is -2.13. The standard InChI is InChI=1S/C14H14Cl2FN3/c1-7(2)13-19-12(16)8(3)14(20-13)18-9-4-5-11(17)10(15)6-9/h4-7H,1-3H3,(H,18,19,20). The fourth-order valence-corrected chi connectivity index (χ4v) is 1.95. The highest BCUT2D eigenvalue weighted by atomic mass is 35.5. The summed E-state index contributed by atoms with van der Waals surface area (Å²) >= 11 is 11.9. The van der Waals surface area contributed by atoms with Crippen molar-refractivity contribution in [2.75, 3.05) is 5.32 Å². The zero-order valence-corrected chi connectivity index (χ0v) is 12.8. The highest BCUT2D eigenvalue weighted by Crippen LogP contribution is 2.27. The summed E-state index contributed by atoms with van der Waals surface area (Å²) in [5, 5.41) is 3.54. The molecule has 0 saturated carbocycles. The van der Waals surface area contributed by atoms with Crippen LogP contribution in [0.2, 0.25) is 10.2 Å². The van der Waals surface area contributed by atoms with Gasteiger partial charge < -0.3 is 5.32 Å². The maximum absolute atomic E-state index is 13.1. The van der Waals surface area contributed by atoms with Crippen LogP contribution in [0.5, 0.6) is 0 Å². The van der Waals surface area contributed by atoms with Gasteiger partial charge in [0.2, 0.25) is 0 Å². The first-order chi connectivity index (χ1) is 9.38. The number of nitrogens with zero attached hydrogens (tertiary/aromatic N) is 2. The third-order valence-electron chi connectivity index (χ3n) is 2.80. The molecular formula is C14H14Cl2FN3. The predicted molar refractivity (Wildman–Crippen MR) is 80.6 cm³/mol. The average Bonchev–Trinajstić information content (AvgIpc) is 2.38. The lowest BCUT2D eigenvalue weighted by Crippen LogP contribution is -2.05. The van der Waals surface area contributed by atoms with E-state index in [1.54, 1.807) is 6.07 Å². The summed E-state index contributed by atoms with van der Waals surface area (Å²) in [5.74, 6) is 0.940. The van der Waals surface area contributed by atoms with Crippen molar-refractivity contribution in [3.05, 3.63) is 45.6 Å². The SMILES string of the molecule is Cc1c(Cl)nc(C(C)C)nc1Nc1ccc(F)c(Cl)c1. The van der Waals surface area contributed by atoms with Gasteiger partial charge in [-0.1, -0.05) is 37.0 Å². The number of halogens is 3. The Hall–Kier alpha value is -1.39. The van der Waals surface area contributed by atoms with Gasteiger partial charge in [-0.25, -0.2) is 14.4 Å². The molecule has 0 fully saturated rings. The maximum Gasteiger partial charge on any atom is 0.141 e. The van der Waals surface area contributed by atoms with Gasteiger partial charge in [0, 0.05) is 17.2 Å². The molecule has 0 aliphatic rings. The molecule has 20 heavy (non-hydrogen) atoms. The van der Waals surface area contributed by atoms with Gasteiger partial charge >= 0.3 is 0 Å². The van der Waals surface area contributed by atoms with Gasteiger partial charge in [0.1, 0.15) is 22.6 Å². The highest BCUT2D eigenvalue weighted by Gasteiger charge is 2.12. The normalized spacial score (nSPS) is 10.9. The van der Waals surface area contributed by atoms with E-state index in [4.69, 9.17) is 23.2 Å². The van der Waals surface area contributed by atoms with Crippen LogP contribution in [0.25, 0.3) is 0 Å². The predicted octanol–water partition coefficient (Wildman–Crippen LogP) is 5.10. The molecule has 6 heteroatoms. The van der Waals surface area contributed by atoms with Crippen LogP contribution in [-0.2, 0) is 0 Å². The van der Waals surface area contributed by atoms with Gasteiger partial charge in [-0.3, -0.25) is 0 Å². The van der Waals surface area contributed by atoms with Gasteiger partial charge in [-0.2, -0.15) is 0 Å². The van der Waals surface area contributed by atoms with Crippen molar-refractivity contribution in [2.45, 2.75) is 26.7 Å². The molecule has 0 spiro atoms. The van der Waals surface area contributed by atoms with Gasteiger partial charge in [0.15, 0.2) is 0 Å². The van der Waals surface area contributed by atoms with E-state index >= 15 is 0 Å². The van der Waals surface area contributed by atoms with Crippen molar-refractivity contribution in [1.82, 2.24) is 9.97 Å². The molecule has 1 aromatic carbocycles. The third kappa shape index (κ3) is 3.19. The molecule has 2 aromatic rings. The smallest absolute Gasteiger partial charge is 0.141 e. The molecular weight excluding hydrogens is 300 g/mol. The molecule has 3 nitrogen and oxygen atoms in total. The van der Waals surface area contributed by atoms with Crippen molar-refractivity contribution >= 4 is 34.7 Å². The summed E-state index contributed by atoms with van der Waals surface area (Å²) in [6.45, 7) is 5.79. The molecule has 106 valence electrons. The van der Waals surface area contributed by atoms with Crippen molar-refractivity contribution in [2.24, 2.45) is 0 Å². The lowest BCUT2D eigenvalue weighted by molar-refractivity contribution is 0.628. The van der Waals surface area contributed by atoms with Gasteiger partial charge in [-0.05, 0) is 25.1 Å². The Morgan fingerprint density at radius 3 is 2.50 bits per heavy atom. The Morgan fingerprint density at radius 1 is 1.20 bits per heavy atom. The Labute approximate surface area is 127 Å². The van der Waals surface area contributed by atoms with Crippen molar-refractivity contribution < 1.29 is 4.39 Å². The van der Waals surface area contributed by atoms with E-state index in [2.05, 4.69) is 15.3 Å². The minimum Gasteiger partial charge on any atom is -0.340 e. The summed E-state index contributed by atoms with van der Waals surface area (Å²) in [4.78, 5) is 8.67. The van der Waals surface area contributed by atoms with Gasteiger partial charge in [0.25, 0.3) is 0 Å². The molecule has 1 N–H and O–H groups in total. The highest BCUT2D eigenvalue weighted by molar-refractivity contribution is 6.31. The van der Waals surface area contributed by atoms with Crippen LogP contribution >= 0.6 is 23.2 Å². The van der Waals surface area contributed by atoms with E-state index in [-0.39, 0.29) is 10.9 Å². The maximum atomic E-state index is 13.1. The van der Waals surface area contributed by atoms with Crippen molar-refractivity contribution in [1.29, 1.82) is 0 Å². The number of hydrogen-bond acceptors (Lipinski definition) is 3. The number of aromatic nitrogens is 2. The first kappa shape index (κ1) is 15.0. The topological polar surface area (TPSA) is 37.8 Å². The molecule has 0 amide bonds. The van der Waals surface area contributed by atoms with Crippen LogP contribution in [0.1, 0.15) is 31.2 Å². The van der Waals surface area contributed by atoms with Crippen LogP contribution < -0.4 is 5.32 Å². The Morgan fingerprint density at radius 2 is 1.90 bits per heavy atom. The zero-order valence-electron chi connectivity index (χ0n) is 11.3. The second-order valence-corrected chi connectivity index (χ2v) is 5.52. The van der Waals surface area contributed by atoms with Crippen LogP contribution in [0.4, 0.5) is 15.9 Å². The van der Waals surface area contributed by atoms with E-state index in [0.717, 1.165) is 5.56 Å². The second kappa shape index (κ2) is 5.94. The fourth-order valence-electron chi connectivity index (χ4n) is 1.60. The molecule has 0 saturated heterocycles. The van der Waals surface area contributed by atoms with E-state index in [9.17, 15) is 4.39 Å². The number of anilines is 2. The average molecular weight is 314 g/mol. The first-order valence-corrected chi connectivity index (χ1v) is 6.90. The van der Waals surface area contributed by atoms with E-state index in [1.807, 2.05) is 20.8 Å². The van der Waals surface area contributed by atoms with Crippen LogP contribution in [0.15, 0.2) is 18.2 Å². The fraction of sp³-hybridized carbons (Fsp3) is 0.286. The number of nitrogens with one attached hydrogen (secondary N) is 1. The number of hydrogen-bond donors (Lipinski definition) is 1. The summed E-state index contributed by atoms with van der Waals surface area (Å²) in [5.41, 5.74) is 1.38. The summed E-state index contributed by atoms with van der Waals surface area (Å²) in [7, 11) is 0. The summed E-state index contributed by atoms with van der Waals surface area (Å²) < 4.78 is 13.1. The molecule has 1 heterocycles. The van der Waals surface area contributed by atoms with Crippen molar-refractivity contribution in [3.8, 4) is 0 Å². The van der Waals surface area contributed by atoms with Crippen LogP contribution in [0, 0.1) is 12.7 Å². The Bertz CT molecular complexity index is 645. The number of benzene rings is 1. The molecule has 0 atom stereocenters. The van der Waals surface area contributed by atoms with Crippen LogP contribution in [-0.4, -0.2) is 9.97 Å².